The van der Waals surface area contributed by atoms with E-state index in [2.05, 4.69) is 43.1 Å². The molecule has 1 aromatic carbocycles. The second-order valence-electron chi connectivity index (χ2n) is 5.43. The second-order valence-corrected chi connectivity index (χ2v) is 8.11. The fraction of sp³-hybridized carbons (Fsp3) is 0.556. The smallest absolute Gasteiger partial charge is 0.391 e. The fourth-order valence-electron chi connectivity index (χ4n) is 2.56. The molecule has 0 amide bonds. The Kier molecular flexibility index (Phi) is 12.9. The van der Waals surface area contributed by atoms with Gasteiger partial charge in [-0.05, 0) is 56.3 Å². The third-order valence-corrected chi connectivity index (χ3v) is 6.61. The summed E-state index contributed by atoms with van der Waals surface area (Å²) < 4.78 is 18.3. The first-order valence-electron chi connectivity index (χ1n) is 8.49. The zero-order chi connectivity index (χ0) is 17.0. The monoisotopic (exact) mass is 369 g/mol. The topological polar surface area (TPSA) is 39.7 Å². The van der Waals surface area contributed by atoms with E-state index in [0.717, 1.165) is 25.4 Å². The molecule has 0 fully saturated rings. The summed E-state index contributed by atoms with van der Waals surface area (Å²) in [7, 11) is -2.64. The molecule has 1 unspecified atom stereocenters. The molecule has 0 aliphatic heterocycles. The van der Waals surface area contributed by atoms with Crippen molar-refractivity contribution in [1.82, 2.24) is 5.32 Å². The van der Waals surface area contributed by atoms with E-state index in [4.69, 9.17) is 13.3 Å². The largest absolute Gasteiger partial charge is 0.501 e. The Morgan fingerprint density at radius 3 is 2.33 bits per heavy atom. The lowest BCUT2D eigenvalue weighted by molar-refractivity contribution is 0.0382. The van der Waals surface area contributed by atoms with E-state index < -0.39 is 8.80 Å². The van der Waals surface area contributed by atoms with Gasteiger partial charge in [0.2, 0.25) is 0 Å². The molecule has 0 aromatic heterocycles. The van der Waals surface area contributed by atoms with Crippen LogP contribution in [0.3, 0.4) is 0 Å². The van der Waals surface area contributed by atoms with Crippen molar-refractivity contribution in [2.45, 2.75) is 45.8 Å². The van der Waals surface area contributed by atoms with Gasteiger partial charge in [-0.2, -0.15) is 0 Å². The van der Waals surface area contributed by atoms with Gasteiger partial charge in [-0.25, -0.2) is 0 Å². The maximum absolute atomic E-state index is 6.34. The van der Waals surface area contributed by atoms with Gasteiger partial charge in [-0.15, -0.1) is 0 Å². The second kappa shape index (κ2) is 13.4. The van der Waals surface area contributed by atoms with Crippen molar-refractivity contribution in [2.24, 2.45) is 0 Å². The number of hydrogen-bond acceptors (Lipinski definition) is 4. The molecule has 0 heterocycles. The molecule has 0 spiro atoms. The van der Waals surface area contributed by atoms with Crippen molar-refractivity contribution < 1.29 is 13.3 Å². The third-order valence-electron chi connectivity index (χ3n) is 3.42. The van der Waals surface area contributed by atoms with Gasteiger partial charge in [0.05, 0.1) is 6.10 Å². The first-order valence-corrected chi connectivity index (χ1v) is 10.4. The molecule has 6 heteroatoms. The van der Waals surface area contributed by atoms with Crippen LogP contribution in [0.5, 0.6) is 0 Å². The van der Waals surface area contributed by atoms with Crippen molar-refractivity contribution in [3.05, 3.63) is 48.7 Å². The molecule has 0 saturated heterocycles. The third kappa shape index (κ3) is 8.79. The Labute approximate surface area is 153 Å². The van der Waals surface area contributed by atoms with Crippen LogP contribution in [0.4, 0.5) is 0 Å². The number of nitrogens with one attached hydrogen (secondary N) is 1. The molecule has 0 aliphatic carbocycles. The highest BCUT2D eigenvalue weighted by atomic mass is 28.4. The summed E-state index contributed by atoms with van der Waals surface area (Å²) in [6, 6.07) is 11.2. The van der Waals surface area contributed by atoms with Gasteiger partial charge in [0.25, 0.3) is 0 Å². The van der Waals surface area contributed by atoms with E-state index in [1.165, 1.54) is 5.56 Å². The molecule has 24 heavy (non-hydrogen) atoms. The predicted molar refractivity (Wildman–Crippen MR) is 109 cm³/mol. The average Bonchev–Trinajstić information content (AvgIpc) is 2.53. The van der Waals surface area contributed by atoms with Crippen molar-refractivity contribution in [1.29, 1.82) is 0 Å². The molecule has 0 bridgehead atoms. The van der Waals surface area contributed by atoms with Crippen molar-refractivity contribution in [3.8, 4) is 0 Å². The van der Waals surface area contributed by atoms with E-state index in [-0.39, 0.29) is 17.1 Å². The summed E-state index contributed by atoms with van der Waals surface area (Å²) in [5.41, 5.74) is 1.27. The van der Waals surface area contributed by atoms with Gasteiger partial charge in [-0.3, -0.25) is 0 Å². The maximum atomic E-state index is 6.34. The van der Waals surface area contributed by atoms with Crippen LogP contribution < -0.4 is 5.32 Å². The SMILES string of the molecule is C=CNCCC[Si](OCC)(OCC)OC(C)Cc1ccccc1.[SiH4]. The van der Waals surface area contributed by atoms with Crippen LogP contribution in [0, 0.1) is 0 Å². The fourth-order valence-corrected chi connectivity index (χ4v) is 5.37. The van der Waals surface area contributed by atoms with Gasteiger partial charge in [-0.1, -0.05) is 36.9 Å². The molecule has 4 nitrogen and oxygen atoms in total. The first kappa shape index (κ1) is 23.1. The summed E-state index contributed by atoms with van der Waals surface area (Å²) in [6.45, 7) is 11.8. The zero-order valence-corrected chi connectivity index (χ0v) is 15.7. The molecule has 1 rings (SSSR count). The normalized spacial score (nSPS) is 12.3. The molecule has 0 aliphatic rings. The summed E-state index contributed by atoms with van der Waals surface area (Å²) in [5.74, 6) is 0. The lowest BCUT2D eigenvalue weighted by Crippen LogP contribution is -2.48. The quantitative estimate of drug-likeness (QED) is 0.428. The highest BCUT2D eigenvalue weighted by Crippen LogP contribution is 2.21. The highest BCUT2D eigenvalue weighted by Gasteiger charge is 2.41. The lowest BCUT2D eigenvalue weighted by atomic mass is 10.1. The molecule has 1 N–H and O–H groups in total. The van der Waals surface area contributed by atoms with Crippen molar-refractivity contribution >= 4 is 19.8 Å². The summed E-state index contributed by atoms with van der Waals surface area (Å²) in [5, 5.41) is 3.12. The predicted octanol–water partition coefficient (Wildman–Crippen LogP) is 2.32. The maximum Gasteiger partial charge on any atom is 0.501 e. The van der Waals surface area contributed by atoms with Gasteiger partial charge in [0.15, 0.2) is 0 Å². The van der Waals surface area contributed by atoms with Crippen LogP contribution in [0.2, 0.25) is 6.04 Å². The van der Waals surface area contributed by atoms with E-state index >= 15 is 0 Å². The van der Waals surface area contributed by atoms with Crippen LogP contribution in [-0.4, -0.2) is 45.6 Å². The number of rotatable bonds is 13. The van der Waals surface area contributed by atoms with Crippen LogP contribution >= 0.6 is 0 Å². The Morgan fingerprint density at radius 2 is 1.79 bits per heavy atom. The Hall–Kier alpha value is -0.926. The minimum Gasteiger partial charge on any atom is -0.391 e. The standard InChI is InChI=1S/C18H31NO3Si.H4Si/c1-5-19-14-11-15-23(20-6-2,21-7-3)22-17(4)16-18-12-9-8-10-13-18;/h5,8-10,12-13,17,19H,1,6-7,11,14-16H2,2-4H3;1H4. The summed E-state index contributed by atoms with van der Waals surface area (Å²) in [6.07, 6.45) is 3.58. The molecule has 1 atom stereocenters. The Bertz CT molecular complexity index is 426. The van der Waals surface area contributed by atoms with Crippen molar-refractivity contribution in [3.63, 3.8) is 0 Å². The van der Waals surface area contributed by atoms with Gasteiger partial charge in [0.1, 0.15) is 0 Å². The van der Waals surface area contributed by atoms with Crippen LogP contribution in [0.15, 0.2) is 43.1 Å². The molecule has 0 radical (unpaired) electrons. The van der Waals surface area contributed by atoms with Crippen LogP contribution in [0.25, 0.3) is 0 Å². The highest BCUT2D eigenvalue weighted by molar-refractivity contribution is 6.60. The number of hydrogen-bond donors (Lipinski definition) is 1. The minimum absolute atomic E-state index is 0. The molecule has 0 saturated carbocycles. The summed E-state index contributed by atoms with van der Waals surface area (Å²) in [4.78, 5) is 0. The lowest BCUT2D eigenvalue weighted by Gasteiger charge is -2.32. The Morgan fingerprint density at radius 1 is 1.17 bits per heavy atom. The van der Waals surface area contributed by atoms with E-state index in [1.54, 1.807) is 6.20 Å². The van der Waals surface area contributed by atoms with Crippen LogP contribution in [-0.2, 0) is 19.7 Å². The van der Waals surface area contributed by atoms with Crippen LogP contribution in [0.1, 0.15) is 32.8 Å². The van der Waals surface area contributed by atoms with E-state index in [9.17, 15) is 0 Å². The first-order chi connectivity index (χ1) is 11.2. The average molecular weight is 370 g/mol. The molecular formula is C18H35NO3Si2. The Balaban J connectivity index is 0.00000529. The van der Waals surface area contributed by atoms with Gasteiger partial charge >= 0.3 is 8.80 Å². The zero-order valence-electron chi connectivity index (χ0n) is 14.7. The van der Waals surface area contributed by atoms with Gasteiger partial charge < -0.3 is 18.6 Å². The van der Waals surface area contributed by atoms with E-state index in [0.29, 0.717) is 13.2 Å². The molecule has 1 aromatic rings. The van der Waals surface area contributed by atoms with E-state index in [1.807, 2.05) is 19.9 Å². The minimum atomic E-state index is -2.64. The van der Waals surface area contributed by atoms with Gasteiger partial charge in [0, 0.05) is 25.8 Å². The summed E-state index contributed by atoms with van der Waals surface area (Å²) >= 11 is 0. The number of benzene rings is 1. The molecular weight excluding hydrogens is 334 g/mol. The van der Waals surface area contributed by atoms with Crippen molar-refractivity contribution in [2.75, 3.05) is 19.8 Å². The molecule has 138 valence electrons.